The number of hydrogen-bond acceptors (Lipinski definition) is 5. The number of rotatable bonds is 1. The van der Waals surface area contributed by atoms with Crippen LogP contribution in [0.15, 0.2) is 0 Å². The first-order valence-corrected chi connectivity index (χ1v) is 3.31. The summed E-state index contributed by atoms with van der Waals surface area (Å²) in [7, 11) is 0. The molecule has 0 radical (unpaired) electrons. The molecule has 3 N–H and O–H groups in total. The lowest BCUT2D eigenvalue weighted by atomic mass is 10.2. The van der Waals surface area contributed by atoms with Crippen LogP contribution in [0.25, 0.3) is 0 Å². The molecular weight excluding hydrogens is 152 g/mol. The molecule has 1 fully saturated rings. The summed E-state index contributed by atoms with van der Waals surface area (Å²) < 4.78 is 9.55. The zero-order valence-electron chi connectivity index (χ0n) is 6.28. The van der Waals surface area contributed by atoms with E-state index in [0.29, 0.717) is 0 Å². The topological polar surface area (TPSA) is 79.2 Å². The summed E-state index contributed by atoms with van der Waals surface area (Å²) in [6.45, 7) is 0.508. The average molecular weight is 164 g/mol. The van der Waals surface area contributed by atoms with E-state index in [1.165, 1.54) is 6.92 Å². The molecule has 1 aliphatic heterocycles. The normalized spacial score (nSPS) is 45.8. The maximum Gasteiger partial charge on any atom is 0.213 e. The van der Waals surface area contributed by atoms with Crippen LogP contribution >= 0.6 is 0 Å². The van der Waals surface area contributed by atoms with Crippen LogP contribution in [0, 0.1) is 0 Å². The zero-order valence-corrected chi connectivity index (χ0v) is 6.28. The molecule has 11 heavy (non-hydrogen) atoms. The molecule has 0 aliphatic carbocycles. The van der Waals surface area contributed by atoms with Gasteiger partial charge in [0.15, 0.2) is 5.79 Å². The molecule has 5 nitrogen and oxygen atoms in total. The second kappa shape index (κ2) is 2.69. The molecule has 0 bridgehead atoms. The molecule has 0 aromatic carbocycles. The van der Waals surface area contributed by atoms with Gasteiger partial charge in [0, 0.05) is 0 Å². The van der Waals surface area contributed by atoms with Gasteiger partial charge in [-0.1, -0.05) is 0 Å². The first-order valence-electron chi connectivity index (χ1n) is 3.31. The third-order valence-corrected chi connectivity index (χ3v) is 1.46. The fraction of sp³-hybridized carbons (Fsp3) is 1.00. The Morgan fingerprint density at radius 2 is 1.91 bits per heavy atom. The molecule has 1 rings (SSSR count). The molecule has 5 heteroatoms. The molecule has 0 aromatic rings. The molecule has 0 spiro atoms. The van der Waals surface area contributed by atoms with E-state index in [4.69, 9.17) is 19.7 Å². The van der Waals surface area contributed by atoms with E-state index in [9.17, 15) is 5.11 Å². The monoisotopic (exact) mass is 164 g/mol. The molecular formula is C6H12O5. The highest BCUT2D eigenvalue weighted by molar-refractivity contribution is 4.74. The lowest BCUT2D eigenvalue weighted by Gasteiger charge is -2.37. The van der Waals surface area contributed by atoms with Gasteiger partial charge in [0.1, 0.15) is 13.2 Å². The van der Waals surface area contributed by atoms with Gasteiger partial charge in [0.2, 0.25) is 5.79 Å². The largest absolute Gasteiger partial charge is 0.391 e. The van der Waals surface area contributed by atoms with E-state index < -0.39 is 18.2 Å². The number of aliphatic hydroxyl groups excluding tert-OH is 1. The van der Waals surface area contributed by atoms with Crippen molar-refractivity contribution >= 4 is 0 Å². The van der Waals surface area contributed by atoms with Gasteiger partial charge in [-0.3, -0.25) is 0 Å². The van der Waals surface area contributed by atoms with E-state index in [1.54, 1.807) is 0 Å². The second-order valence-electron chi connectivity index (χ2n) is 2.86. The van der Waals surface area contributed by atoms with Gasteiger partial charge in [0.25, 0.3) is 0 Å². The SMILES string of the molecule is CC1(O)COC(O)(CO)CO1. The van der Waals surface area contributed by atoms with Crippen LogP contribution in [0.1, 0.15) is 6.92 Å². The maximum absolute atomic E-state index is 9.20. The number of aliphatic hydroxyl groups is 3. The molecule has 0 aromatic heterocycles. The molecule has 2 unspecified atom stereocenters. The molecule has 1 aliphatic rings. The molecule has 1 saturated heterocycles. The first-order chi connectivity index (χ1) is 4.97. The number of hydrogen-bond donors (Lipinski definition) is 3. The van der Waals surface area contributed by atoms with Crippen LogP contribution in [-0.4, -0.2) is 46.7 Å². The summed E-state index contributed by atoms with van der Waals surface area (Å²) in [6.07, 6.45) is 0. The summed E-state index contributed by atoms with van der Waals surface area (Å²) in [5.41, 5.74) is 0. The molecule has 66 valence electrons. The fourth-order valence-corrected chi connectivity index (χ4v) is 0.711. The van der Waals surface area contributed by atoms with Gasteiger partial charge in [-0.05, 0) is 6.92 Å². The summed E-state index contributed by atoms with van der Waals surface area (Å²) in [5, 5.41) is 26.9. The zero-order chi connectivity index (χ0) is 8.54. The smallest absolute Gasteiger partial charge is 0.213 e. The highest BCUT2D eigenvalue weighted by atomic mass is 16.7. The second-order valence-corrected chi connectivity index (χ2v) is 2.86. The van der Waals surface area contributed by atoms with Crippen molar-refractivity contribution in [1.82, 2.24) is 0 Å². The van der Waals surface area contributed by atoms with Gasteiger partial charge in [-0.25, -0.2) is 0 Å². The summed E-state index contributed by atoms with van der Waals surface area (Å²) in [5.74, 6) is -3.01. The lowest BCUT2D eigenvalue weighted by molar-refractivity contribution is -0.366. The van der Waals surface area contributed by atoms with Crippen LogP contribution in [-0.2, 0) is 9.47 Å². The van der Waals surface area contributed by atoms with Crippen molar-refractivity contribution in [2.45, 2.75) is 18.5 Å². The standard InChI is InChI=1S/C6H12O5/c1-5(8)3-11-6(9,2-7)4-10-5/h7-9H,2-4H2,1H3. The summed E-state index contributed by atoms with van der Waals surface area (Å²) >= 11 is 0. The minimum atomic E-state index is -1.65. The summed E-state index contributed by atoms with van der Waals surface area (Å²) in [4.78, 5) is 0. The Bertz CT molecular complexity index is 134. The van der Waals surface area contributed by atoms with Gasteiger partial charge >= 0.3 is 0 Å². The predicted molar refractivity (Wildman–Crippen MR) is 34.6 cm³/mol. The van der Waals surface area contributed by atoms with Gasteiger partial charge < -0.3 is 24.8 Å². The van der Waals surface area contributed by atoms with Crippen molar-refractivity contribution in [3.05, 3.63) is 0 Å². The van der Waals surface area contributed by atoms with Crippen LogP contribution in [0.2, 0.25) is 0 Å². The molecule has 1 heterocycles. The Kier molecular flexibility index (Phi) is 2.17. The minimum absolute atomic E-state index is 0.149. The van der Waals surface area contributed by atoms with E-state index in [-0.39, 0.29) is 13.2 Å². The lowest BCUT2D eigenvalue weighted by Crippen LogP contribution is -2.54. The highest BCUT2D eigenvalue weighted by Crippen LogP contribution is 2.20. The number of ether oxygens (including phenoxy) is 2. The van der Waals surface area contributed by atoms with Gasteiger partial charge in [-0.15, -0.1) is 0 Å². The predicted octanol–water partition coefficient (Wildman–Crippen LogP) is -1.58. The third kappa shape index (κ3) is 2.11. The summed E-state index contributed by atoms with van der Waals surface area (Å²) in [6, 6.07) is 0. The van der Waals surface area contributed by atoms with Crippen LogP contribution in [0.5, 0.6) is 0 Å². The Morgan fingerprint density at radius 3 is 2.27 bits per heavy atom. The molecule has 0 saturated carbocycles. The quantitative estimate of drug-likeness (QED) is 0.436. The van der Waals surface area contributed by atoms with E-state index in [0.717, 1.165) is 0 Å². The molecule has 0 amide bonds. The van der Waals surface area contributed by atoms with E-state index in [2.05, 4.69) is 0 Å². The van der Waals surface area contributed by atoms with Crippen molar-refractivity contribution in [1.29, 1.82) is 0 Å². The Morgan fingerprint density at radius 1 is 1.27 bits per heavy atom. The van der Waals surface area contributed by atoms with Crippen molar-refractivity contribution in [3.8, 4) is 0 Å². The van der Waals surface area contributed by atoms with E-state index >= 15 is 0 Å². The van der Waals surface area contributed by atoms with Crippen LogP contribution in [0.3, 0.4) is 0 Å². The third-order valence-electron chi connectivity index (χ3n) is 1.46. The highest BCUT2D eigenvalue weighted by Gasteiger charge is 2.39. The Balaban J connectivity index is 2.48. The van der Waals surface area contributed by atoms with Crippen molar-refractivity contribution < 1.29 is 24.8 Å². The van der Waals surface area contributed by atoms with Crippen molar-refractivity contribution in [2.75, 3.05) is 19.8 Å². The average Bonchev–Trinajstić information content (AvgIpc) is 1.97. The van der Waals surface area contributed by atoms with Crippen molar-refractivity contribution in [3.63, 3.8) is 0 Å². The Labute approximate surface area is 64.2 Å². The minimum Gasteiger partial charge on any atom is -0.391 e. The Hall–Kier alpha value is -0.200. The maximum atomic E-state index is 9.20. The van der Waals surface area contributed by atoms with Gasteiger partial charge in [0.05, 0.1) is 6.61 Å². The fourth-order valence-electron chi connectivity index (χ4n) is 0.711. The van der Waals surface area contributed by atoms with Crippen LogP contribution < -0.4 is 0 Å². The van der Waals surface area contributed by atoms with E-state index in [1.807, 2.05) is 0 Å². The molecule has 2 atom stereocenters. The van der Waals surface area contributed by atoms with Crippen LogP contribution in [0.4, 0.5) is 0 Å². The van der Waals surface area contributed by atoms with Gasteiger partial charge in [-0.2, -0.15) is 0 Å². The first kappa shape index (κ1) is 8.89. The van der Waals surface area contributed by atoms with Crippen molar-refractivity contribution in [2.24, 2.45) is 0 Å².